The molecule has 0 bridgehead atoms. The number of aryl methyl sites for hydroxylation is 1. The normalized spacial score (nSPS) is 11.6. The van der Waals surface area contributed by atoms with Crippen LogP contribution in [0.25, 0.3) is 0 Å². The van der Waals surface area contributed by atoms with E-state index in [1.54, 1.807) is 19.1 Å². The molecule has 2 rings (SSSR count). The number of rotatable bonds is 6. The Labute approximate surface area is 149 Å². The molecule has 0 saturated heterocycles. The van der Waals surface area contributed by atoms with Gasteiger partial charge in [-0.05, 0) is 37.6 Å². The maximum atomic E-state index is 13.7. The number of hydrogen-bond donors (Lipinski definition) is 1. The van der Waals surface area contributed by atoms with Crippen LogP contribution in [-0.4, -0.2) is 25.6 Å². The van der Waals surface area contributed by atoms with Crippen molar-refractivity contribution in [2.75, 3.05) is 13.7 Å². The molecule has 0 saturated carbocycles. The molecule has 5 nitrogen and oxygen atoms in total. The summed E-state index contributed by atoms with van der Waals surface area (Å²) < 4.78 is 36.7. The molecule has 1 N–H and O–H groups in total. The summed E-state index contributed by atoms with van der Waals surface area (Å²) in [4.78, 5) is 23.9. The van der Waals surface area contributed by atoms with Crippen LogP contribution in [0.4, 0.5) is 8.78 Å². The van der Waals surface area contributed by atoms with Crippen molar-refractivity contribution >= 4 is 11.9 Å². The van der Waals surface area contributed by atoms with Crippen LogP contribution in [0.2, 0.25) is 0 Å². The number of benzene rings is 2. The molecule has 2 aromatic carbocycles. The van der Waals surface area contributed by atoms with Gasteiger partial charge in [-0.25, -0.2) is 13.6 Å². The molecule has 0 aromatic heterocycles. The number of nitrogens with one attached hydrogen (secondary N) is 1. The van der Waals surface area contributed by atoms with E-state index >= 15 is 0 Å². The van der Waals surface area contributed by atoms with E-state index in [2.05, 4.69) is 5.32 Å². The highest BCUT2D eigenvalue weighted by Gasteiger charge is 2.16. The van der Waals surface area contributed by atoms with Crippen molar-refractivity contribution < 1.29 is 27.8 Å². The maximum absolute atomic E-state index is 13.7. The fraction of sp³-hybridized carbons (Fsp3) is 0.263. The second-order valence-corrected chi connectivity index (χ2v) is 5.72. The molecule has 0 fully saturated rings. The number of hydrogen-bond acceptors (Lipinski definition) is 4. The zero-order chi connectivity index (χ0) is 19.3. The Morgan fingerprint density at radius 2 is 1.88 bits per heavy atom. The van der Waals surface area contributed by atoms with Crippen LogP contribution in [0.3, 0.4) is 0 Å². The number of carbonyl (C=O) groups excluding carboxylic acids is 2. The molecule has 0 heterocycles. The zero-order valence-corrected chi connectivity index (χ0v) is 14.6. The molecule has 26 heavy (non-hydrogen) atoms. The van der Waals surface area contributed by atoms with Gasteiger partial charge < -0.3 is 14.8 Å². The van der Waals surface area contributed by atoms with Crippen LogP contribution >= 0.6 is 0 Å². The summed E-state index contributed by atoms with van der Waals surface area (Å²) in [6, 6.07) is 7.17. The third kappa shape index (κ3) is 4.78. The first kappa shape index (κ1) is 19.4. The third-order valence-corrected chi connectivity index (χ3v) is 3.78. The lowest BCUT2D eigenvalue weighted by Gasteiger charge is -2.15. The second-order valence-electron chi connectivity index (χ2n) is 5.72. The molecule has 0 unspecified atom stereocenters. The molecule has 2 aromatic rings. The van der Waals surface area contributed by atoms with E-state index < -0.39 is 36.2 Å². The first-order valence-electron chi connectivity index (χ1n) is 7.88. The number of halogens is 2. The molecule has 1 amide bonds. The molecule has 138 valence electrons. The van der Waals surface area contributed by atoms with Crippen LogP contribution in [0.5, 0.6) is 5.75 Å². The van der Waals surface area contributed by atoms with E-state index in [9.17, 15) is 18.4 Å². The fourth-order valence-electron chi connectivity index (χ4n) is 2.37. The number of methoxy groups -OCH3 is 1. The molecule has 0 spiro atoms. The highest BCUT2D eigenvalue weighted by atomic mass is 19.1. The molecular weight excluding hydrogens is 344 g/mol. The van der Waals surface area contributed by atoms with Crippen molar-refractivity contribution in [3.63, 3.8) is 0 Å². The summed E-state index contributed by atoms with van der Waals surface area (Å²) in [6.45, 7) is 2.85. The first-order chi connectivity index (χ1) is 12.3. The van der Waals surface area contributed by atoms with E-state index in [-0.39, 0.29) is 11.1 Å². The highest BCUT2D eigenvalue weighted by molar-refractivity contribution is 5.91. The van der Waals surface area contributed by atoms with Gasteiger partial charge in [0.05, 0.1) is 18.7 Å². The van der Waals surface area contributed by atoms with Crippen LogP contribution < -0.4 is 10.1 Å². The van der Waals surface area contributed by atoms with Crippen LogP contribution in [-0.2, 0) is 9.53 Å². The van der Waals surface area contributed by atoms with Gasteiger partial charge in [-0.2, -0.15) is 0 Å². The van der Waals surface area contributed by atoms with Crippen molar-refractivity contribution in [3.8, 4) is 5.75 Å². The van der Waals surface area contributed by atoms with Crippen molar-refractivity contribution in [3.05, 3.63) is 64.7 Å². The number of carbonyl (C=O) groups is 2. The maximum Gasteiger partial charge on any atom is 0.338 e. The lowest BCUT2D eigenvalue weighted by Crippen LogP contribution is -2.31. The van der Waals surface area contributed by atoms with Gasteiger partial charge in [0.25, 0.3) is 5.91 Å². The number of ether oxygens (including phenoxy) is 2. The second kappa shape index (κ2) is 8.42. The Balaban J connectivity index is 1.92. The predicted octanol–water partition coefficient (Wildman–Crippen LogP) is 3.32. The van der Waals surface area contributed by atoms with Crippen molar-refractivity contribution in [2.45, 2.75) is 19.9 Å². The quantitative estimate of drug-likeness (QED) is 0.800. The van der Waals surface area contributed by atoms with E-state index in [1.807, 2.05) is 6.92 Å². The minimum Gasteiger partial charge on any atom is -0.496 e. The average Bonchev–Trinajstić information content (AvgIpc) is 2.59. The van der Waals surface area contributed by atoms with Gasteiger partial charge in [-0.3, -0.25) is 4.79 Å². The molecule has 0 aliphatic heterocycles. The van der Waals surface area contributed by atoms with Gasteiger partial charge in [-0.1, -0.05) is 12.1 Å². The minimum atomic E-state index is -0.762. The Morgan fingerprint density at radius 3 is 2.54 bits per heavy atom. The van der Waals surface area contributed by atoms with Crippen molar-refractivity contribution in [1.82, 2.24) is 5.32 Å². The monoisotopic (exact) mass is 363 g/mol. The highest BCUT2D eigenvalue weighted by Crippen LogP contribution is 2.20. The third-order valence-electron chi connectivity index (χ3n) is 3.78. The van der Waals surface area contributed by atoms with Gasteiger partial charge in [0.15, 0.2) is 6.61 Å². The van der Waals surface area contributed by atoms with Gasteiger partial charge in [-0.15, -0.1) is 0 Å². The molecular formula is C19H19F2NO4. The van der Waals surface area contributed by atoms with Gasteiger partial charge in [0.2, 0.25) is 0 Å². The van der Waals surface area contributed by atoms with E-state index in [1.165, 1.54) is 19.2 Å². The summed E-state index contributed by atoms with van der Waals surface area (Å²) in [7, 11) is 1.49. The fourth-order valence-corrected chi connectivity index (χ4v) is 2.37. The van der Waals surface area contributed by atoms with Gasteiger partial charge in [0, 0.05) is 11.6 Å². The number of esters is 1. The largest absolute Gasteiger partial charge is 0.496 e. The van der Waals surface area contributed by atoms with Gasteiger partial charge in [0.1, 0.15) is 17.4 Å². The topological polar surface area (TPSA) is 64.6 Å². The molecule has 0 aliphatic carbocycles. The van der Waals surface area contributed by atoms with Crippen LogP contribution in [0.1, 0.15) is 34.5 Å². The van der Waals surface area contributed by atoms with Gasteiger partial charge >= 0.3 is 5.97 Å². The van der Waals surface area contributed by atoms with E-state index in [0.29, 0.717) is 5.75 Å². The van der Waals surface area contributed by atoms with E-state index in [4.69, 9.17) is 9.47 Å². The Bertz CT molecular complexity index is 823. The van der Waals surface area contributed by atoms with Crippen molar-refractivity contribution in [2.24, 2.45) is 0 Å². The number of amides is 1. The van der Waals surface area contributed by atoms with E-state index in [0.717, 1.165) is 17.7 Å². The zero-order valence-electron chi connectivity index (χ0n) is 14.6. The summed E-state index contributed by atoms with van der Waals surface area (Å²) in [5, 5.41) is 2.49. The summed E-state index contributed by atoms with van der Waals surface area (Å²) in [5.41, 5.74) is 1.24. The lowest BCUT2D eigenvalue weighted by molar-refractivity contribution is -0.124. The SMILES string of the molecule is COc1cc(C(=O)OCC(=O)N[C@@H](C)c2ccc(F)cc2F)ccc1C. The molecule has 1 atom stereocenters. The van der Waals surface area contributed by atoms with Crippen LogP contribution in [0, 0.1) is 18.6 Å². The standard InChI is InChI=1S/C19H19F2NO4/c1-11-4-5-13(8-17(11)25-3)19(24)26-10-18(23)22-12(2)15-7-6-14(20)9-16(15)21/h4-9,12H,10H2,1-3H3,(H,22,23)/t12-/m0/s1. The minimum absolute atomic E-state index is 0.134. The first-order valence-corrected chi connectivity index (χ1v) is 7.88. The summed E-state index contributed by atoms with van der Waals surface area (Å²) in [6.07, 6.45) is 0. The Kier molecular flexibility index (Phi) is 6.27. The molecule has 7 heteroatoms. The summed E-state index contributed by atoms with van der Waals surface area (Å²) >= 11 is 0. The summed E-state index contributed by atoms with van der Waals surface area (Å²) in [5.74, 6) is -2.22. The molecule has 0 aliphatic rings. The van der Waals surface area contributed by atoms with Crippen molar-refractivity contribution in [1.29, 1.82) is 0 Å². The smallest absolute Gasteiger partial charge is 0.338 e. The Hall–Kier alpha value is -2.96. The lowest BCUT2D eigenvalue weighted by atomic mass is 10.1. The van der Waals surface area contributed by atoms with Crippen LogP contribution in [0.15, 0.2) is 36.4 Å². The Morgan fingerprint density at radius 1 is 1.15 bits per heavy atom. The average molecular weight is 363 g/mol. The molecule has 0 radical (unpaired) electrons. The predicted molar refractivity (Wildman–Crippen MR) is 90.9 cm³/mol.